The quantitative estimate of drug-likeness (QED) is 0.0907. The van der Waals surface area contributed by atoms with Gasteiger partial charge in [-0.15, -0.1) is 11.3 Å². The third-order valence-electron chi connectivity index (χ3n) is 7.04. The van der Waals surface area contributed by atoms with Crippen LogP contribution in [0.25, 0.3) is 17.3 Å². The molecule has 2 aromatic heterocycles. The van der Waals surface area contributed by atoms with Gasteiger partial charge in [0, 0.05) is 33.6 Å². The highest BCUT2D eigenvalue weighted by Gasteiger charge is 2.22. The van der Waals surface area contributed by atoms with Gasteiger partial charge in [-0.3, -0.25) is 9.48 Å². The van der Waals surface area contributed by atoms with Gasteiger partial charge < -0.3 is 19.5 Å². The van der Waals surface area contributed by atoms with Gasteiger partial charge in [0.25, 0.3) is 5.91 Å². The van der Waals surface area contributed by atoms with Gasteiger partial charge in [-0.1, -0.05) is 60.1 Å². The number of aromatic nitrogens is 2. The lowest BCUT2D eigenvalue weighted by Crippen LogP contribution is -2.15. The molecular formula is C35H29ClN4O5S. The lowest BCUT2D eigenvalue weighted by atomic mass is 10.1. The van der Waals surface area contributed by atoms with Crippen molar-refractivity contribution in [2.45, 2.75) is 13.0 Å². The van der Waals surface area contributed by atoms with E-state index in [1.807, 2.05) is 60.7 Å². The van der Waals surface area contributed by atoms with Crippen LogP contribution in [-0.2, 0) is 22.5 Å². The first-order valence-electron chi connectivity index (χ1n) is 14.0. The van der Waals surface area contributed by atoms with Crippen molar-refractivity contribution in [1.82, 2.24) is 9.78 Å². The summed E-state index contributed by atoms with van der Waals surface area (Å²) >= 11 is 7.67. The molecule has 0 bridgehead atoms. The van der Waals surface area contributed by atoms with Crippen molar-refractivity contribution in [3.63, 3.8) is 0 Å². The number of hydrogen-bond donors (Lipinski definition) is 1. The number of ether oxygens (including phenoxy) is 3. The summed E-state index contributed by atoms with van der Waals surface area (Å²) in [6, 6.07) is 26.2. The molecule has 0 radical (unpaired) electrons. The van der Waals surface area contributed by atoms with E-state index in [1.165, 1.54) is 31.6 Å². The lowest BCUT2D eigenvalue weighted by Gasteiger charge is -2.09. The van der Waals surface area contributed by atoms with Crippen LogP contribution >= 0.6 is 22.9 Å². The number of esters is 1. The minimum atomic E-state index is -0.683. The summed E-state index contributed by atoms with van der Waals surface area (Å²) in [6.07, 6.45) is 3.77. The number of methoxy groups -OCH3 is 3. The van der Waals surface area contributed by atoms with Crippen LogP contribution in [0.15, 0.2) is 90.6 Å². The molecule has 5 rings (SSSR count). The van der Waals surface area contributed by atoms with Gasteiger partial charge in [0.15, 0.2) is 11.5 Å². The standard InChI is InChI=1S/C35H29ClN4O5S/c1-43-30-14-13-23(17-31(30)44-2)32-26(21-40(39-32)20-24-11-7-8-12-29(24)36)16-25(19-37)33(41)38-34-28(35(42)45-3)18-27(46-34)15-22-9-5-4-6-10-22/h4-14,16-18,21H,15,20H2,1-3H3,(H,38,41)/b25-16+. The number of thiophene rings is 1. The maximum Gasteiger partial charge on any atom is 0.340 e. The van der Waals surface area contributed by atoms with Crippen molar-refractivity contribution < 1.29 is 23.8 Å². The Labute approximate surface area is 275 Å². The number of nitrogens with one attached hydrogen (secondary N) is 1. The van der Waals surface area contributed by atoms with Crippen molar-refractivity contribution in [1.29, 1.82) is 5.26 Å². The van der Waals surface area contributed by atoms with Crippen LogP contribution in [0.4, 0.5) is 5.00 Å². The zero-order valence-corrected chi connectivity index (χ0v) is 26.8. The van der Waals surface area contributed by atoms with Gasteiger partial charge in [0.05, 0.1) is 39.1 Å². The van der Waals surface area contributed by atoms with Crippen molar-refractivity contribution >= 4 is 45.9 Å². The number of anilines is 1. The molecule has 11 heteroatoms. The molecule has 0 saturated heterocycles. The summed E-state index contributed by atoms with van der Waals surface area (Å²) in [6.45, 7) is 0.351. The molecule has 46 heavy (non-hydrogen) atoms. The van der Waals surface area contributed by atoms with Gasteiger partial charge in [0.1, 0.15) is 16.6 Å². The first kappa shape index (κ1) is 32.0. The molecule has 2 heterocycles. The van der Waals surface area contributed by atoms with Crippen molar-refractivity contribution in [2.24, 2.45) is 0 Å². The van der Waals surface area contributed by atoms with Crippen molar-refractivity contribution in [2.75, 3.05) is 26.6 Å². The van der Waals surface area contributed by atoms with E-state index in [0.29, 0.717) is 51.3 Å². The summed E-state index contributed by atoms with van der Waals surface area (Å²) in [7, 11) is 4.36. The monoisotopic (exact) mass is 652 g/mol. The Morgan fingerprint density at radius 3 is 2.43 bits per heavy atom. The molecule has 0 aliphatic carbocycles. The van der Waals surface area contributed by atoms with Gasteiger partial charge in [-0.2, -0.15) is 10.4 Å². The Balaban J connectivity index is 1.51. The van der Waals surface area contributed by atoms with Gasteiger partial charge in [-0.05, 0) is 47.5 Å². The third kappa shape index (κ3) is 7.29. The molecule has 0 atom stereocenters. The molecule has 9 nitrogen and oxygen atoms in total. The van der Waals surface area contributed by atoms with Gasteiger partial charge >= 0.3 is 5.97 Å². The predicted molar refractivity (Wildman–Crippen MR) is 178 cm³/mol. The van der Waals surface area contributed by atoms with E-state index in [9.17, 15) is 14.9 Å². The average molecular weight is 653 g/mol. The molecule has 0 spiro atoms. The fourth-order valence-electron chi connectivity index (χ4n) is 4.79. The van der Waals surface area contributed by atoms with Crippen LogP contribution in [0, 0.1) is 11.3 Å². The molecule has 0 unspecified atom stereocenters. The van der Waals surface area contributed by atoms with Crippen molar-refractivity contribution in [3.8, 4) is 28.8 Å². The lowest BCUT2D eigenvalue weighted by molar-refractivity contribution is -0.112. The minimum absolute atomic E-state index is 0.187. The Bertz CT molecular complexity index is 1960. The molecule has 232 valence electrons. The van der Waals surface area contributed by atoms with Gasteiger partial charge in [-0.25, -0.2) is 4.79 Å². The number of benzene rings is 3. The number of carbonyl (C=O) groups excluding carboxylic acids is 2. The summed E-state index contributed by atoms with van der Waals surface area (Å²) in [5.41, 5.74) is 3.61. The molecule has 0 fully saturated rings. The van der Waals surface area contributed by atoms with E-state index < -0.39 is 11.9 Å². The Morgan fingerprint density at radius 2 is 1.74 bits per heavy atom. The Kier molecular flexibility index (Phi) is 10.2. The molecule has 0 aliphatic heterocycles. The topological polar surface area (TPSA) is 115 Å². The average Bonchev–Trinajstić information content (AvgIpc) is 3.67. The maximum absolute atomic E-state index is 13.5. The van der Waals surface area contributed by atoms with E-state index in [4.69, 9.17) is 30.9 Å². The summed E-state index contributed by atoms with van der Waals surface area (Å²) in [4.78, 5) is 27.0. The normalized spacial score (nSPS) is 11.1. The number of carbonyl (C=O) groups is 2. The number of halogens is 1. The van der Waals surface area contributed by atoms with E-state index in [1.54, 1.807) is 42.3 Å². The number of nitriles is 1. The van der Waals surface area contributed by atoms with E-state index >= 15 is 0 Å². The molecule has 3 aromatic carbocycles. The Hall–Kier alpha value is -5.37. The second-order valence-corrected chi connectivity index (χ2v) is 11.6. The fourth-order valence-corrected chi connectivity index (χ4v) is 6.06. The number of amides is 1. The SMILES string of the molecule is COC(=O)c1cc(Cc2ccccc2)sc1NC(=O)/C(C#N)=C/c1cn(Cc2ccccc2Cl)nc1-c1ccc(OC)c(OC)c1. The van der Waals surface area contributed by atoms with E-state index in [2.05, 4.69) is 5.32 Å². The van der Waals surface area contributed by atoms with Crippen LogP contribution < -0.4 is 14.8 Å². The third-order valence-corrected chi connectivity index (χ3v) is 8.46. The van der Waals surface area contributed by atoms with E-state index in [0.717, 1.165) is 16.0 Å². The molecule has 0 saturated carbocycles. The molecule has 1 N–H and O–H groups in total. The molecule has 0 aliphatic rings. The zero-order valence-electron chi connectivity index (χ0n) is 25.2. The Morgan fingerprint density at radius 1 is 1.00 bits per heavy atom. The predicted octanol–water partition coefficient (Wildman–Crippen LogP) is 7.25. The highest BCUT2D eigenvalue weighted by Crippen LogP contribution is 2.35. The largest absolute Gasteiger partial charge is 0.493 e. The van der Waals surface area contributed by atoms with Gasteiger partial charge in [0.2, 0.25) is 0 Å². The number of nitrogens with zero attached hydrogens (tertiary/aromatic N) is 3. The molecule has 1 amide bonds. The second kappa shape index (κ2) is 14.6. The first-order chi connectivity index (χ1) is 22.3. The highest BCUT2D eigenvalue weighted by atomic mass is 35.5. The van der Waals surface area contributed by atoms with Crippen LogP contribution in [0.3, 0.4) is 0 Å². The maximum atomic E-state index is 13.5. The minimum Gasteiger partial charge on any atom is -0.493 e. The van der Waals surface area contributed by atoms with Crippen LogP contribution in [0.2, 0.25) is 5.02 Å². The smallest absolute Gasteiger partial charge is 0.340 e. The summed E-state index contributed by atoms with van der Waals surface area (Å²) in [5, 5.41) is 18.5. The number of rotatable bonds is 11. The zero-order chi connectivity index (χ0) is 32.6. The first-order valence-corrected chi connectivity index (χ1v) is 15.2. The summed E-state index contributed by atoms with van der Waals surface area (Å²) in [5.74, 6) is -0.240. The molecule has 5 aromatic rings. The second-order valence-electron chi connectivity index (χ2n) is 10.0. The molecular weight excluding hydrogens is 624 g/mol. The summed E-state index contributed by atoms with van der Waals surface area (Å²) < 4.78 is 17.5. The van der Waals surface area contributed by atoms with Crippen LogP contribution in [0.5, 0.6) is 11.5 Å². The number of hydrogen-bond acceptors (Lipinski definition) is 8. The van der Waals surface area contributed by atoms with Crippen LogP contribution in [-0.4, -0.2) is 43.0 Å². The van der Waals surface area contributed by atoms with Crippen molar-refractivity contribution in [3.05, 3.63) is 123 Å². The van der Waals surface area contributed by atoms with E-state index in [-0.39, 0.29) is 11.1 Å². The van der Waals surface area contributed by atoms with Crippen LogP contribution in [0.1, 0.15) is 31.9 Å². The highest BCUT2D eigenvalue weighted by molar-refractivity contribution is 7.16. The fraction of sp³-hybridized carbons (Fsp3) is 0.143.